The molecule has 0 spiro atoms. The minimum Gasteiger partial charge on any atom is -0.494 e. The molecule has 0 saturated heterocycles. The lowest BCUT2D eigenvalue weighted by molar-refractivity contribution is -0.122. The van der Waals surface area contributed by atoms with Gasteiger partial charge in [0.1, 0.15) is 5.75 Å². The maximum absolute atomic E-state index is 12.1. The van der Waals surface area contributed by atoms with Crippen LogP contribution in [0.25, 0.3) is 0 Å². The summed E-state index contributed by atoms with van der Waals surface area (Å²) >= 11 is 0. The summed E-state index contributed by atoms with van der Waals surface area (Å²) in [4.78, 5) is 12.1. The topological polar surface area (TPSA) is 56.1 Å². The molecule has 0 unspecified atom stereocenters. The number of amides is 1. The molecular weight excluding hydrogens is 290 g/mol. The van der Waals surface area contributed by atoms with E-state index in [1.807, 2.05) is 62.7 Å². The van der Waals surface area contributed by atoms with Crippen molar-refractivity contribution >= 4 is 5.91 Å². The Kier molecular flexibility index (Phi) is 5.79. The normalized spacial score (nSPS) is 12.0. The molecule has 1 N–H and O–H groups in total. The summed E-state index contributed by atoms with van der Waals surface area (Å²) in [5.41, 5.74) is 3.11. The molecule has 0 fully saturated rings. The first-order valence-electron chi connectivity index (χ1n) is 8.00. The van der Waals surface area contributed by atoms with Crippen molar-refractivity contribution < 1.29 is 9.53 Å². The monoisotopic (exact) mass is 315 g/mol. The van der Waals surface area contributed by atoms with Crippen molar-refractivity contribution in [3.63, 3.8) is 0 Å². The first kappa shape index (κ1) is 17.1. The quantitative estimate of drug-likeness (QED) is 0.854. The first-order valence-corrected chi connectivity index (χ1v) is 8.00. The fraction of sp³-hybridized carbons (Fsp3) is 0.444. The average Bonchev–Trinajstić information content (AvgIpc) is 2.85. The smallest absolute Gasteiger partial charge is 0.222 e. The molecule has 1 amide bonds. The van der Waals surface area contributed by atoms with Crippen LogP contribution in [-0.4, -0.2) is 22.3 Å². The molecule has 5 nitrogen and oxygen atoms in total. The van der Waals surface area contributed by atoms with E-state index in [9.17, 15) is 4.79 Å². The van der Waals surface area contributed by atoms with Crippen LogP contribution in [0.1, 0.15) is 43.3 Å². The van der Waals surface area contributed by atoms with Gasteiger partial charge >= 0.3 is 0 Å². The van der Waals surface area contributed by atoms with Crippen LogP contribution in [0, 0.1) is 13.8 Å². The van der Waals surface area contributed by atoms with Crippen LogP contribution < -0.4 is 10.1 Å². The van der Waals surface area contributed by atoms with Crippen LogP contribution in [0.2, 0.25) is 0 Å². The van der Waals surface area contributed by atoms with Crippen molar-refractivity contribution in [1.29, 1.82) is 0 Å². The first-order chi connectivity index (χ1) is 11.0. The number of benzene rings is 1. The second-order valence-electron chi connectivity index (χ2n) is 5.78. The molecule has 0 saturated carbocycles. The lowest BCUT2D eigenvalue weighted by atomic mass is 10.2. The fourth-order valence-electron chi connectivity index (χ4n) is 2.59. The summed E-state index contributed by atoms with van der Waals surface area (Å²) in [7, 11) is 0. The lowest BCUT2D eigenvalue weighted by Crippen LogP contribution is -2.26. The van der Waals surface area contributed by atoms with E-state index in [1.54, 1.807) is 0 Å². The number of carbonyl (C=O) groups is 1. The summed E-state index contributed by atoms with van der Waals surface area (Å²) in [6, 6.07) is 9.84. The molecule has 0 aliphatic carbocycles. The number of hydrogen-bond acceptors (Lipinski definition) is 3. The van der Waals surface area contributed by atoms with E-state index >= 15 is 0 Å². The van der Waals surface area contributed by atoms with E-state index in [0.29, 0.717) is 19.6 Å². The van der Waals surface area contributed by atoms with Crippen molar-refractivity contribution in [2.75, 3.05) is 6.61 Å². The van der Waals surface area contributed by atoms with Gasteiger partial charge in [-0.25, -0.2) is 0 Å². The van der Waals surface area contributed by atoms with Crippen molar-refractivity contribution in [2.24, 2.45) is 0 Å². The Bertz CT molecular complexity index is 647. The van der Waals surface area contributed by atoms with Gasteiger partial charge in [0, 0.05) is 18.7 Å². The highest BCUT2D eigenvalue weighted by atomic mass is 16.5. The predicted octanol–water partition coefficient (Wildman–Crippen LogP) is 3.17. The molecule has 0 radical (unpaired) electrons. The Labute approximate surface area is 137 Å². The number of nitrogens with one attached hydrogen (secondary N) is 1. The molecule has 0 bridgehead atoms. The van der Waals surface area contributed by atoms with Crippen molar-refractivity contribution in [3.8, 4) is 5.75 Å². The van der Waals surface area contributed by atoms with E-state index in [-0.39, 0.29) is 11.9 Å². The van der Waals surface area contributed by atoms with Gasteiger partial charge in [-0.15, -0.1) is 0 Å². The Morgan fingerprint density at radius 3 is 2.57 bits per heavy atom. The summed E-state index contributed by atoms with van der Waals surface area (Å²) in [5, 5.41) is 7.39. The molecule has 0 aliphatic heterocycles. The highest BCUT2D eigenvalue weighted by Gasteiger charge is 2.13. The Hall–Kier alpha value is -2.30. The molecule has 2 rings (SSSR count). The maximum Gasteiger partial charge on any atom is 0.222 e. The molecule has 5 heteroatoms. The number of carbonyl (C=O) groups excluding carboxylic acids is 1. The van der Waals surface area contributed by atoms with Gasteiger partial charge in [0.25, 0.3) is 0 Å². The zero-order valence-corrected chi connectivity index (χ0v) is 14.3. The molecule has 124 valence electrons. The largest absolute Gasteiger partial charge is 0.494 e. The summed E-state index contributed by atoms with van der Waals surface area (Å²) in [6.07, 6.45) is 0.416. The van der Waals surface area contributed by atoms with Crippen LogP contribution in [0.3, 0.4) is 0 Å². The third-order valence-corrected chi connectivity index (χ3v) is 3.67. The van der Waals surface area contributed by atoms with Crippen LogP contribution in [0.4, 0.5) is 0 Å². The molecule has 1 aromatic carbocycles. The minimum absolute atomic E-state index is 0.0268. The highest BCUT2D eigenvalue weighted by Crippen LogP contribution is 2.15. The van der Waals surface area contributed by atoms with Crippen molar-refractivity contribution in [1.82, 2.24) is 15.1 Å². The Balaban J connectivity index is 1.83. The fourth-order valence-corrected chi connectivity index (χ4v) is 2.59. The summed E-state index contributed by atoms with van der Waals surface area (Å²) < 4.78 is 7.31. The standard InChI is InChI=1S/C18H25N3O2/c1-5-23-17-8-6-16(7-9-17)12-19-18(22)11-15(4)21-14(3)10-13(2)20-21/h6-10,15H,5,11-12H2,1-4H3,(H,19,22)/t15-/m0/s1. The van der Waals surface area contributed by atoms with Crippen LogP contribution >= 0.6 is 0 Å². The number of nitrogens with zero attached hydrogens (tertiary/aromatic N) is 2. The van der Waals surface area contributed by atoms with Gasteiger partial charge < -0.3 is 10.1 Å². The van der Waals surface area contributed by atoms with E-state index < -0.39 is 0 Å². The lowest BCUT2D eigenvalue weighted by Gasteiger charge is -2.14. The van der Waals surface area contributed by atoms with Gasteiger partial charge in [0.15, 0.2) is 0 Å². The molecule has 1 heterocycles. The van der Waals surface area contributed by atoms with Gasteiger partial charge in [-0.1, -0.05) is 12.1 Å². The third kappa shape index (κ3) is 4.84. The summed E-state index contributed by atoms with van der Waals surface area (Å²) in [5.74, 6) is 0.875. The van der Waals surface area contributed by atoms with Gasteiger partial charge in [-0.05, 0) is 51.5 Å². The van der Waals surface area contributed by atoms with Crippen molar-refractivity contribution in [2.45, 2.75) is 46.7 Å². The van der Waals surface area contributed by atoms with Crippen LogP contribution in [0.5, 0.6) is 5.75 Å². The van der Waals surface area contributed by atoms with Crippen LogP contribution in [0.15, 0.2) is 30.3 Å². The SMILES string of the molecule is CCOc1ccc(CNC(=O)C[C@H](C)n2nc(C)cc2C)cc1. The minimum atomic E-state index is 0.0268. The van der Waals surface area contributed by atoms with Gasteiger partial charge in [-0.2, -0.15) is 5.10 Å². The van der Waals surface area contributed by atoms with E-state index in [1.165, 1.54) is 0 Å². The number of rotatable bonds is 7. The molecular formula is C18H25N3O2. The maximum atomic E-state index is 12.1. The predicted molar refractivity (Wildman–Crippen MR) is 90.5 cm³/mol. The number of ether oxygens (including phenoxy) is 1. The molecule has 0 aliphatic rings. The van der Waals surface area contributed by atoms with Crippen LogP contribution in [-0.2, 0) is 11.3 Å². The van der Waals surface area contributed by atoms with Crippen molar-refractivity contribution in [3.05, 3.63) is 47.3 Å². The summed E-state index contributed by atoms with van der Waals surface area (Å²) in [6.45, 7) is 9.11. The number of aryl methyl sites for hydroxylation is 2. The highest BCUT2D eigenvalue weighted by molar-refractivity contribution is 5.76. The Morgan fingerprint density at radius 2 is 2.00 bits per heavy atom. The van der Waals surface area contributed by atoms with E-state index in [2.05, 4.69) is 10.4 Å². The number of aromatic nitrogens is 2. The molecule has 2 aromatic rings. The van der Waals surface area contributed by atoms with E-state index in [0.717, 1.165) is 22.7 Å². The number of hydrogen-bond donors (Lipinski definition) is 1. The van der Waals surface area contributed by atoms with Gasteiger partial charge in [0.05, 0.1) is 18.3 Å². The Morgan fingerprint density at radius 1 is 1.30 bits per heavy atom. The van der Waals surface area contributed by atoms with Gasteiger partial charge in [-0.3, -0.25) is 9.48 Å². The van der Waals surface area contributed by atoms with E-state index in [4.69, 9.17) is 4.74 Å². The molecule has 1 atom stereocenters. The molecule has 23 heavy (non-hydrogen) atoms. The second-order valence-corrected chi connectivity index (χ2v) is 5.78. The zero-order valence-electron chi connectivity index (χ0n) is 14.3. The average molecular weight is 315 g/mol. The zero-order chi connectivity index (χ0) is 16.8. The third-order valence-electron chi connectivity index (χ3n) is 3.67. The second kappa shape index (κ2) is 7.81. The van der Waals surface area contributed by atoms with Gasteiger partial charge in [0.2, 0.25) is 5.91 Å². The molecule has 1 aromatic heterocycles.